The number of carbonyl (C=O) groups excluding carboxylic acids is 2. The third kappa shape index (κ3) is 4.32. The Morgan fingerprint density at radius 3 is 2.43 bits per heavy atom. The van der Waals surface area contributed by atoms with Crippen LogP contribution in [0.4, 0.5) is 4.79 Å². The molecule has 6 nitrogen and oxygen atoms in total. The lowest BCUT2D eigenvalue weighted by molar-refractivity contribution is 0.0860. The Balaban J connectivity index is 1.71. The van der Waals surface area contributed by atoms with Gasteiger partial charge in [-0.05, 0) is 37.5 Å². The fourth-order valence-corrected chi connectivity index (χ4v) is 3.42. The van der Waals surface area contributed by atoms with Crippen LogP contribution in [0, 0.1) is 11.3 Å². The first kappa shape index (κ1) is 19.4. The molecular weight excluding hydrogens is 354 g/mol. The highest BCUT2D eigenvalue weighted by Gasteiger charge is 2.25. The van der Waals surface area contributed by atoms with Crippen LogP contribution in [0.25, 0.3) is 11.1 Å². The average Bonchev–Trinajstić information content (AvgIpc) is 2.74. The molecule has 0 aromatic heterocycles. The molecule has 6 heteroatoms. The number of rotatable bonds is 4. The van der Waals surface area contributed by atoms with E-state index in [2.05, 4.69) is 11.4 Å². The summed E-state index contributed by atoms with van der Waals surface area (Å²) in [6.07, 6.45) is 1.06. The summed E-state index contributed by atoms with van der Waals surface area (Å²) in [5.41, 5.74) is 2.55. The average molecular weight is 377 g/mol. The Morgan fingerprint density at radius 2 is 1.75 bits per heavy atom. The van der Waals surface area contributed by atoms with Crippen LogP contribution < -0.4 is 5.32 Å². The topological polar surface area (TPSA) is 82.4 Å². The van der Waals surface area contributed by atoms with Crippen LogP contribution in [-0.2, 0) is 4.74 Å². The molecule has 2 aromatic carbocycles. The van der Waals surface area contributed by atoms with Crippen LogP contribution in [0.15, 0.2) is 48.5 Å². The van der Waals surface area contributed by atoms with Gasteiger partial charge in [-0.25, -0.2) is 4.79 Å². The molecule has 0 saturated carbocycles. The fourth-order valence-electron chi connectivity index (χ4n) is 3.42. The molecule has 1 aliphatic heterocycles. The Labute approximate surface area is 164 Å². The van der Waals surface area contributed by atoms with Gasteiger partial charge in [-0.2, -0.15) is 5.26 Å². The van der Waals surface area contributed by atoms with Crippen molar-refractivity contribution in [1.82, 2.24) is 10.2 Å². The van der Waals surface area contributed by atoms with Crippen molar-refractivity contribution in [1.29, 1.82) is 5.26 Å². The summed E-state index contributed by atoms with van der Waals surface area (Å²) < 4.78 is 5.03. The Morgan fingerprint density at radius 1 is 1.11 bits per heavy atom. The molecular formula is C22H23N3O3. The molecule has 1 saturated heterocycles. The summed E-state index contributed by atoms with van der Waals surface area (Å²) in [7, 11) is 0. The molecule has 1 heterocycles. The summed E-state index contributed by atoms with van der Waals surface area (Å²) >= 11 is 0. The highest BCUT2D eigenvalue weighted by molar-refractivity contribution is 6.01. The molecule has 2 amide bonds. The van der Waals surface area contributed by atoms with Gasteiger partial charge in [-0.1, -0.05) is 36.4 Å². The lowest BCUT2D eigenvalue weighted by atomic mass is 9.95. The van der Waals surface area contributed by atoms with Crippen LogP contribution >= 0.6 is 0 Å². The molecule has 1 N–H and O–H groups in total. The molecule has 0 bridgehead atoms. The molecule has 0 aliphatic carbocycles. The van der Waals surface area contributed by atoms with E-state index in [1.165, 1.54) is 0 Å². The third-order valence-corrected chi connectivity index (χ3v) is 4.87. The Bertz CT molecular complexity index is 896. The number of nitrogens with one attached hydrogen (secondary N) is 1. The standard InChI is InChI=1S/C22H23N3O3/c1-2-28-22(27)25-13-11-17(12-14-25)24-21(26)20-10-6-5-9-19(20)18-8-4-3-7-16(18)15-23/h3-10,17H,2,11-14H2,1H3,(H,24,26). The number of amides is 2. The van der Waals surface area contributed by atoms with E-state index < -0.39 is 0 Å². The van der Waals surface area contributed by atoms with Crippen molar-refractivity contribution >= 4 is 12.0 Å². The Kier molecular flexibility index (Phi) is 6.28. The molecule has 0 radical (unpaired) electrons. The van der Waals surface area contributed by atoms with Gasteiger partial charge in [0.2, 0.25) is 0 Å². The summed E-state index contributed by atoms with van der Waals surface area (Å²) in [5, 5.41) is 12.5. The van der Waals surface area contributed by atoms with Crippen molar-refractivity contribution in [3.05, 3.63) is 59.7 Å². The fraction of sp³-hybridized carbons (Fsp3) is 0.318. The summed E-state index contributed by atoms with van der Waals surface area (Å²) in [5.74, 6) is -0.169. The predicted octanol–water partition coefficient (Wildman–Crippen LogP) is 3.58. The molecule has 0 atom stereocenters. The molecule has 1 aliphatic rings. The highest BCUT2D eigenvalue weighted by Crippen LogP contribution is 2.27. The van der Waals surface area contributed by atoms with Crippen LogP contribution in [0.1, 0.15) is 35.7 Å². The van der Waals surface area contributed by atoms with E-state index in [1.807, 2.05) is 36.4 Å². The van der Waals surface area contributed by atoms with Crippen LogP contribution in [0.2, 0.25) is 0 Å². The van der Waals surface area contributed by atoms with Crippen molar-refractivity contribution in [3.8, 4) is 17.2 Å². The monoisotopic (exact) mass is 377 g/mol. The van der Waals surface area contributed by atoms with Crippen LogP contribution in [0.5, 0.6) is 0 Å². The molecule has 0 spiro atoms. The number of hydrogen-bond donors (Lipinski definition) is 1. The summed E-state index contributed by atoms with van der Waals surface area (Å²) in [4.78, 5) is 26.4. The SMILES string of the molecule is CCOC(=O)N1CCC(NC(=O)c2ccccc2-c2ccccc2C#N)CC1. The molecule has 3 rings (SSSR count). The van der Waals surface area contributed by atoms with Crippen LogP contribution in [0.3, 0.4) is 0 Å². The minimum absolute atomic E-state index is 0.00237. The van der Waals surface area contributed by atoms with E-state index in [9.17, 15) is 14.9 Å². The first-order valence-corrected chi connectivity index (χ1v) is 9.45. The minimum atomic E-state index is -0.300. The van der Waals surface area contributed by atoms with Crippen LogP contribution in [-0.4, -0.2) is 42.6 Å². The molecule has 144 valence electrons. The second kappa shape index (κ2) is 9.05. The smallest absolute Gasteiger partial charge is 0.409 e. The number of ether oxygens (including phenoxy) is 1. The molecule has 28 heavy (non-hydrogen) atoms. The number of carbonyl (C=O) groups is 2. The van der Waals surface area contributed by atoms with Crippen molar-refractivity contribution < 1.29 is 14.3 Å². The van der Waals surface area contributed by atoms with Crippen molar-refractivity contribution in [2.75, 3.05) is 19.7 Å². The van der Waals surface area contributed by atoms with E-state index in [1.54, 1.807) is 24.0 Å². The largest absolute Gasteiger partial charge is 0.450 e. The zero-order valence-electron chi connectivity index (χ0n) is 15.9. The van der Waals surface area contributed by atoms with Gasteiger partial charge in [0.15, 0.2) is 0 Å². The number of hydrogen-bond acceptors (Lipinski definition) is 4. The Hall–Kier alpha value is -3.33. The third-order valence-electron chi connectivity index (χ3n) is 4.87. The first-order chi connectivity index (χ1) is 13.6. The van der Waals surface area contributed by atoms with E-state index in [0.29, 0.717) is 43.7 Å². The van der Waals surface area contributed by atoms with Gasteiger partial charge in [0, 0.05) is 30.3 Å². The number of nitriles is 1. The maximum absolute atomic E-state index is 12.9. The summed E-state index contributed by atoms with van der Waals surface area (Å²) in [6, 6.07) is 16.7. The van der Waals surface area contributed by atoms with Gasteiger partial charge in [0.25, 0.3) is 5.91 Å². The maximum atomic E-state index is 12.9. The molecule has 2 aromatic rings. The lowest BCUT2D eigenvalue weighted by Gasteiger charge is -2.31. The first-order valence-electron chi connectivity index (χ1n) is 9.45. The van der Waals surface area contributed by atoms with Gasteiger partial charge >= 0.3 is 6.09 Å². The summed E-state index contributed by atoms with van der Waals surface area (Å²) in [6.45, 7) is 3.26. The van der Waals surface area contributed by atoms with Gasteiger partial charge in [-0.3, -0.25) is 4.79 Å². The van der Waals surface area contributed by atoms with E-state index in [4.69, 9.17) is 4.74 Å². The molecule has 0 unspecified atom stereocenters. The van der Waals surface area contributed by atoms with E-state index >= 15 is 0 Å². The number of likely N-dealkylation sites (tertiary alicyclic amines) is 1. The van der Waals surface area contributed by atoms with E-state index in [0.717, 1.165) is 11.1 Å². The van der Waals surface area contributed by atoms with Crippen molar-refractivity contribution in [2.45, 2.75) is 25.8 Å². The number of piperidine rings is 1. The quantitative estimate of drug-likeness (QED) is 0.883. The molecule has 1 fully saturated rings. The normalized spacial score (nSPS) is 14.2. The highest BCUT2D eigenvalue weighted by atomic mass is 16.6. The predicted molar refractivity (Wildman–Crippen MR) is 106 cm³/mol. The van der Waals surface area contributed by atoms with Crippen molar-refractivity contribution in [3.63, 3.8) is 0 Å². The second-order valence-electron chi connectivity index (χ2n) is 6.64. The van der Waals surface area contributed by atoms with Gasteiger partial charge in [0.1, 0.15) is 0 Å². The zero-order chi connectivity index (χ0) is 19.9. The van der Waals surface area contributed by atoms with Gasteiger partial charge in [0.05, 0.1) is 18.2 Å². The number of benzene rings is 2. The zero-order valence-corrected chi connectivity index (χ0v) is 15.9. The van der Waals surface area contributed by atoms with Gasteiger partial charge in [-0.15, -0.1) is 0 Å². The minimum Gasteiger partial charge on any atom is -0.450 e. The van der Waals surface area contributed by atoms with Gasteiger partial charge < -0.3 is 15.0 Å². The van der Waals surface area contributed by atoms with E-state index in [-0.39, 0.29) is 18.0 Å². The lowest BCUT2D eigenvalue weighted by Crippen LogP contribution is -2.46. The maximum Gasteiger partial charge on any atom is 0.409 e. The van der Waals surface area contributed by atoms with Crippen molar-refractivity contribution in [2.24, 2.45) is 0 Å². The number of nitrogens with zero attached hydrogens (tertiary/aromatic N) is 2. The second-order valence-corrected chi connectivity index (χ2v) is 6.64.